The number of aryl methyl sites for hydroxylation is 1. The lowest BCUT2D eigenvalue weighted by Gasteiger charge is -2.18. The van der Waals surface area contributed by atoms with Gasteiger partial charge < -0.3 is 10.8 Å². The van der Waals surface area contributed by atoms with Gasteiger partial charge in [0.1, 0.15) is 5.82 Å². The summed E-state index contributed by atoms with van der Waals surface area (Å²) >= 11 is 2.88. The zero-order chi connectivity index (χ0) is 10.6. The number of thioether (sulfide) groups is 1. The first-order valence-electron chi connectivity index (χ1n) is 4.45. The fraction of sp³-hybridized carbons (Fsp3) is 0.750. The van der Waals surface area contributed by atoms with Gasteiger partial charge in [-0.3, -0.25) is 0 Å². The van der Waals surface area contributed by atoms with Gasteiger partial charge in [-0.15, -0.1) is 0 Å². The number of aromatic nitrogens is 2. The maximum absolute atomic E-state index is 9.66. The number of nitrogens with two attached hydrogens (primary N) is 1. The Balaban J connectivity index is 2.45. The lowest BCUT2D eigenvalue weighted by molar-refractivity contribution is 0.0949. The van der Waals surface area contributed by atoms with Crippen molar-refractivity contribution in [2.24, 2.45) is 5.73 Å². The molecule has 0 saturated heterocycles. The van der Waals surface area contributed by atoms with Crippen LogP contribution in [-0.4, -0.2) is 32.4 Å². The monoisotopic (exact) mass is 233 g/mol. The minimum absolute atomic E-state index is 0.263. The van der Waals surface area contributed by atoms with E-state index in [9.17, 15) is 5.11 Å². The summed E-state index contributed by atoms with van der Waals surface area (Å²) in [5.74, 6) is 1.42. The zero-order valence-corrected chi connectivity index (χ0v) is 9.99. The average Bonchev–Trinajstić information content (AvgIpc) is 2.63. The van der Waals surface area contributed by atoms with Crippen LogP contribution >= 0.6 is 23.3 Å². The number of hydrogen-bond donors (Lipinski definition) is 2. The molecular formula is C8H15N3OS2. The van der Waals surface area contributed by atoms with Crippen LogP contribution in [-0.2, 0) is 6.42 Å². The second kappa shape index (κ2) is 5.06. The van der Waals surface area contributed by atoms with E-state index in [1.165, 1.54) is 23.3 Å². The minimum Gasteiger partial charge on any atom is -0.388 e. The molecule has 3 N–H and O–H groups in total. The Morgan fingerprint density at radius 3 is 2.86 bits per heavy atom. The topological polar surface area (TPSA) is 72.0 Å². The highest BCUT2D eigenvalue weighted by atomic mass is 32.2. The summed E-state index contributed by atoms with van der Waals surface area (Å²) in [4.78, 5) is 4.28. The van der Waals surface area contributed by atoms with Crippen molar-refractivity contribution in [1.82, 2.24) is 9.36 Å². The molecule has 0 aliphatic rings. The molecule has 14 heavy (non-hydrogen) atoms. The smallest absolute Gasteiger partial charge is 0.170 e. The van der Waals surface area contributed by atoms with Crippen LogP contribution in [0.3, 0.4) is 0 Å². The largest absolute Gasteiger partial charge is 0.388 e. The van der Waals surface area contributed by atoms with Crippen LogP contribution in [0.15, 0.2) is 4.34 Å². The first-order chi connectivity index (χ1) is 6.57. The van der Waals surface area contributed by atoms with Crippen LogP contribution in [0.4, 0.5) is 0 Å². The predicted molar refractivity (Wildman–Crippen MR) is 59.7 cm³/mol. The van der Waals surface area contributed by atoms with Crippen LogP contribution in [0.2, 0.25) is 0 Å². The van der Waals surface area contributed by atoms with Crippen LogP contribution in [0.5, 0.6) is 0 Å². The number of rotatable bonds is 5. The molecule has 0 aliphatic heterocycles. The van der Waals surface area contributed by atoms with Crippen molar-refractivity contribution < 1.29 is 5.11 Å². The van der Waals surface area contributed by atoms with Gasteiger partial charge in [-0.2, -0.15) is 4.37 Å². The van der Waals surface area contributed by atoms with Crippen molar-refractivity contribution in [3.63, 3.8) is 0 Å². The molecule has 6 heteroatoms. The molecule has 1 rings (SSSR count). The van der Waals surface area contributed by atoms with Gasteiger partial charge in [0.25, 0.3) is 0 Å². The maximum Gasteiger partial charge on any atom is 0.170 e. The lowest BCUT2D eigenvalue weighted by Crippen LogP contribution is -2.36. The molecule has 1 atom stereocenters. The van der Waals surface area contributed by atoms with Gasteiger partial charge in [0, 0.05) is 18.7 Å². The van der Waals surface area contributed by atoms with Gasteiger partial charge in [0.15, 0.2) is 4.34 Å². The SMILES string of the molecule is CCc1nsc(SCC(C)(O)CN)n1. The second-order valence-electron chi connectivity index (χ2n) is 3.32. The Bertz CT molecular complexity index is 288. The Labute approximate surface area is 92.1 Å². The van der Waals surface area contributed by atoms with Crippen molar-refractivity contribution in [3.05, 3.63) is 5.82 Å². The van der Waals surface area contributed by atoms with Crippen molar-refractivity contribution in [2.75, 3.05) is 12.3 Å². The summed E-state index contributed by atoms with van der Waals surface area (Å²) in [7, 11) is 0. The van der Waals surface area contributed by atoms with Gasteiger partial charge in [0.2, 0.25) is 0 Å². The first kappa shape index (κ1) is 11.9. The van der Waals surface area contributed by atoms with E-state index >= 15 is 0 Å². The van der Waals surface area contributed by atoms with E-state index in [2.05, 4.69) is 9.36 Å². The molecule has 0 bridgehead atoms. The molecule has 1 aromatic rings. The zero-order valence-electron chi connectivity index (χ0n) is 8.36. The molecule has 0 fully saturated rings. The highest BCUT2D eigenvalue weighted by Crippen LogP contribution is 2.23. The Morgan fingerprint density at radius 2 is 2.36 bits per heavy atom. The van der Waals surface area contributed by atoms with Gasteiger partial charge in [-0.25, -0.2) is 4.98 Å². The second-order valence-corrected chi connectivity index (χ2v) is 5.29. The molecule has 1 heterocycles. The standard InChI is InChI=1S/C8H15N3OS2/c1-3-6-10-7(14-11-6)13-5-8(2,12)4-9/h12H,3-5,9H2,1-2H3. The summed E-state index contributed by atoms with van der Waals surface area (Å²) in [6, 6.07) is 0. The van der Waals surface area contributed by atoms with Crippen molar-refractivity contribution in [3.8, 4) is 0 Å². The fourth-order valence-electron chi connectivity index (χ4n) is 0.716. The molecule has 1 aromatic heterocycles. The lowest BCUT2D eigenvalue weighted by atomic mass is 10.1. The third kappa shape index (κ3) is 3.53. The van der Waals surface area contributed by atoms with E-state index in [1.54, 1.807) is 6.92 Å². The van der Waals surface area contributed by atoms with Crippen LogP contribution in [0.1, 0.15) is 19.7 Å². The van der Waals surface area contributed by atoms with Crippen LogP contribution < -0.4 is 5.73 Å². The highest BCUT2D eigenvalue weighted by Gasteiger charge is 2.19. The number of hydrogen-bond acceptors (Lipinski definition) is 6. The third-order valence-corrected chi connectivity index (χ3v) is 3.94. The van der Waals surface area contributed by atoms with Gasteiger partial charge >= 0.3 is 0 Å². The molecule has 0 amide bonds. The van der Waals surface area contributed by atoms with E-state index in [0.717, 1.165) is 16.6 Å². The Hall–Kier alpha value is -0.170. The van der Waals surface area contributed by atoms with Gasteiger partial charge in [0.05, 0.1) is 5.60 Å². The number of nitrogens with zero attached hydrogens (tertiary/aromatic N) is 2. The third-order valence-electron chi connectivity index (χ3n) is 1.71. The van der Waals surface area contributed by atoms with Crippen molar-refractivity contribution in [1.29, 1.82) is 0 Å². The first-order valence-corrected chi connectivity index (χ1v) is 6.21. The van der Waals surface area contributed by atoms with Gasteiger partial charge in [-0.05, 0) is 18.5 Å². The van der Waals surface area contributed by atoms with E-state index in [-0.39, 0.29) is 6.54 Å². The van der Waals surface area contributed by atoms with E-state index in [0.29, 0.717) is 5.75 Å². The normalized spacial score (nSPS) is 15.4. The summed E-state index contributed by atoms with van der Waals surface area (Å²) in [6.45, 7) is 4.01. The summed E-state index contributed by atoms with van der Waals surface area (Å²) < 4.78 is 5.06. The molecule has 0 radical (unpaired) electrons. The van der Waals surface area contributed by atoms with Crippen LogP contribution in [0, 0.1) is 0 Å². The van der Waals surface area contributed by atoms with Crippen molar-refractivity contribution >= 4 is 23.3 Å². The molecule has 4 nitrogen and oxygen atoms in total. The van der Waals surface area contributed by atoms with E-state index in [4.69, 9.17) is 5.73 Å². The Kier molecular flexibility index (Phi) is 4.31. The highest BCUT2D eigenvalue weighted by molar-refractivity contribution is 8.01. The molecule has 0 spiro atoms. The predicted octanol–water partition coefficient (Wildman–Crippen LogP) is 0.902. The number of aliphatic hydroxyl groups is 1. The molecule has 0 saturated carbocycles. The summed E-state index contributed by atoms with van der Waals surface area (Å²) in [5, 5.41) is 9.66. The fourth-order valence-corrected chi connectivity index (χ4v) is 2.44. The molecule has 1 unspecified atom stereocenters. The quantitative estimate of drug-likeness (QED) is 0.739. The van der Waals surface area contributed by atoms with Crippen LogP contribution in [0.25, 0.3) is 0 Å². The van der Waals surface area contributed by atoms with Crippen molar-refractivity contribution in [2.45, 2.75) is 30.2 Å². The molecule has 0 aliphatic carbocycles. The molecule has 0 aromatic carbocycles. The summed E-state index contributed by atoms with van der Waals surface area (Å²) in [6.07, 6.45) is 0.852. The minimum atomic E-state index is -0.817. The average molecular weight is 233 g/mol. The summed E-state index contributed by atoms with van der Waals surface area (Å²) in [5.41, 5.74) is 4.59. The maximum atomic E-state index is 9.66. The molecular weight excluding hydrogens is 218 g/mol. The molecule has 80 valence electrons. The van der Waals surface area contributed by atoms with E-state index in [1.807, 2.05) is 6.92 Å². The Morgan fingerprint density at radius 1 is 1.64 bits per heavy atom. The van der Waals surface area contributed by atoms with Gasteiger partial charge in [-0.1, -0.05) is 18.7 Å². The van der Waals surface area contributed by atoms with E-state index < -0.39 is 5.60 Å².